The maximum atomic E-state index is 13.0. The number of carbonyl (C=O) groups is 3. The lowest BCUT2D eigenvalue weighted by Gasteiger charge is -2.27. The first-order valence-electron chi connectivity index (χ1n) is 8.48. The molecule has 0 radical (unpaired) electrons. The summed E-state index contributed by atoms with van der Waals surface area (Å²) in [6.07, 6.45) is -10.6. The van der Waals surface area contributed by atoms with Crippen LogP contribution in [0, 0.1) is 0 Å². The lowest BCUT2D eigenvalue weighted by Crippen LogP contribution is -2.43. The van der Waals surface area contributed by atoms with Crippen molar-refractivity contribution in [1.82, 2.24) is 4.90 Å². The number of carbonyl (C=O) groups excluding carboxylic acids is 3. The monoisotopic (exact) mass is 484 g/mol. The highest BCUT2D eigenvalue weighted by Gasteiger charge is 2.45. The van der Waals surface area contributed by atoms with Crippen LogP contribution in [-0.4, -0.2) is 41.4 Å². The highest BCUT2D eigenvalue weighted by Crippen LogP contribution is 2.40. The Kier molecular flexibility index (Phi) is 6.07. The van der Waals surface area contributed by atoms with Gasteiger partial charge < -0.3 is 10.2 Å². The molecule has 0 aliphatic carbocycles. The molecule has 166 valence electrons. The number of ketones is 1. The van der Waals surface area contributed by atoms with Crippen LogP contribution in [0.4, 0.5) is 31.3 Å². The summed E-state index contributed by atoms with van der Waals surface area (Å²) in [7, 11) is 0. The number of hydrogen-bond donors (Lipinski definition) is 1. The van der Waals surface area contributed by atoms with Gasteiger partial charge in [0.05, 0.1) is 12.1 Å². The molecule has 3 rings (SSSR count). The van der Waals surface area contributed by atoms with E-state index in [1.165, 1.54) is 24.3 Å². The number of benzene rings is 1. The third-order valence-corrected chi connectivity index (χ3v) is 5.79. The van der Waals surface area contributed by atoms with Crippen LogP contribution in [0.5, 0.6) is 0 Å². The zero-order chi connectivity index (χ0) is 23.1. The number of nitrogens with zero attached hydrogens (tertiary/aromatic N) is 1. The summed E-state index contributed by atoms with van der Waals surface area (Å²) >= 11 is 6.29. The van der Waals surface area contributed by atoms with Gasteiger partial charge in [0.15, 0.2) is 5.78 Å². The number of amides is 2. The summed E-state index contributed by atoms with van der Waals surface area (Å²) in [4.78, 5) is 36.5. The third-order valence-electron chi connectivity index (χ3n) is 4.40. The van der Waals surface area contributed by atoms with E-state index in [2.05, 4.69) is 0 Å². The van der Waals surface area contributed by atoms with Crippen LogP contribution in [-0.2, 0) is 22.6 Å². The molecule has 0 spiro atoms. The van der Waals surface area contributed by atoms with Gasteiger partial charge in [0, 0.05) is 22.0 Å². The van der Waals surface area contributed by atoms with E-state index in [-0.39, 0.29) is 28.0 Å². The summed E-state index contributed by atoms with van der Waals surface area (Å²) < 4.78 is 76.4. The summed E-state index contributed by atoms with van der Waals surface area (Å²) in [5.41, 5.74) is -0.00557. The van der Waals surface area contributed by atoms with Gasteiger partial charge in [-0.1, -0.05) is 11.6 Å². The van der Waals surface area contributed by atoms with Crippen LogP contribution in [0.2, 0.25) is 5.02 Å². The van der Waals surface area contributed by atoms with Crippen molar-refractivity contribution in [2.75, 3.05) is 11.9 Å². The lowest BCUT2D eigenvalue weighted by atomic mass is 9.96. The molecule has 1 aromatic carbocycles. The van der Waals surface area contributed by atoms with Crippen molar-refractivity contribution in [2.24, 2.45) is 0 Å². The predicted octanol–water partition coefficient (Wildman–Crippen LogP) is 4.58. The normalized spacial score (nSPS) is 14.2. The van der Waals surface area contributed by atoms with Crippen molar-refractivity contribution in [3.05, 3.63) is 50.9 Å². The molecule has 0 saturated heterocycles. The van der Waals surface area contributed by atoms with Crippen molar-refractivity contribution in [1.29, 1.82) is 0 Å². The molecular weight excluding hydrogens is 474 g/mol. The van der Waals surface area contributed by atoms with Crippen LogP contribution in [0.25, 0.3) is 0 Å². The molecule has 0 atom stereocenters. The number of rotatable bonds is 3. The van der Waals surface area contributed by atoms with Gasteiger partial charge >= 0.3 is 24.2 Å². The second kappa shape index (κ2) is 8.15. The first-order valence-corrected chi connectivity index (χ1v) is 9.67. The first-order chi connectivity index (χ1) is 14.3. The van der Waals surface area contributed by atoms with Crippen molar-refractivity contribution < 1.29 is 40.7 Å². The first kappa shape index (κ1) is 23.1. The summed E-state index contributed by atoms with van der Waals surface area (Å²) in [5, 5.41) is 1.48. The summed E-state index contributed by atoms with van der Waals surface area (Å²) in [5.74, 6) is -5.17. The van der Waals surface area contributed by atoms with Gasteiger partial charge in [-0.05, 0) is 36.2 Å². The Bertz CT molecular complexity index is 1050. The molecule has 0 bridgehead atoms. The van der Waals surface area contributed by atoms with Gasteiger partial charge in [0.2, 0.25) is 0 Å². The highest BCUT2D eigenvalue weighted by molar-refractivity contribution is 7.17. The number of halogens is 7. The molecule has 2 aromatic rings. The Morgan fingerprint density at radius 2 is 1.61 bits per heavy atom. The van der Waals surface area contributed by atoms with Crippen LogP contribution in [0.15, 0.2) is 24.3 Å². The molecule has 2 heterocycles. The Labute approximate surface area is 179 Å². The van der Waals surface area contributed by atoms with Crippen molar-refractivity contribution in [2.45, 2.75) is 25.3 Å². The second-order valence-corrected chi connectivity index (χ2v) is 8.01. The molecule has 0 unspecified atom stereocenters. The zero-order valence-electron chi connectivity index (χ0n) is 15.2. The minimum atomic E-state index is -5.25. The molecule has 5 nitrogen and oxygen atoms in total. The molecule has 1 aromatic heterocycles. The van der Waals surface area contributed by atoms with Crippen LogP contribution >= 0.6 is 22.9 Å². The Balaban J connectivity index is 2.03. The van der Waals surface area contributed by atoms with E-state index in [9.17, 15) is 40.7 Å². The maximum absolute atomic E-state index is 13.0. The minimum absolute atomic E-state index is 0.0568. The molecule has 2 amide bonds. The Morgan fingerprint density at radius 3 is 2.16 bits per heavy atom. The number of thiophene rings is 1. The van der Waals surface area contributed by atoms with Gasteiger partial charge in [-0.15, -0.1) is 11.3 Å². The molecule has 31 heavy (non-hydrogen) atoms. The topological polar surface area (TPSA) is 66.5 Å². The molecule has 0 saturated carbocycles. The lowest BCUT2D eigenvalue weighted by molar-refractivity contribution is -0.186. The molecule has 1 N–H and O–H groups in total. The molecule has 13 heteroatoms. The van der Waals surface area contributed by atoms with Gasteiger partial charge in [0.25, 0.3) is 0 Å². The summed E-state index contributed by atoms with van der Waals surface area (Å²) in [6.45, 7) is -0.948. The molecule has 0 fully saturated rings. The Morgan fingerprint density at radius 1 is 1.00 bits per heavy atom. The largest absolute Gasteiger partial charge is 0.471 e. The van der Waals surface area contributed by atoms with Gasteiger partial charge in [0.1, 0.15) is 5.00 Å². The molecule has 1 aliphatic heterocycles. The van der Waals surface area contributed by atoms with Crippen molar-refractivity contribution >= 4 is 45.5 Å². The van der Waals surface area contributed by atoms with Crippen LogP contribution < -0.4 is 5.32 Å². The average molecular weight is 485 g/mol. The van der Waals surface area contributed by atoms with Gasteiger partial charge in [-0.3, -0.25) is 14.4 Å². The van der Waals surface area contributed by atoms with Gasteiger partial charge in [-0.25, -0.2) is 0 Å². The van der Waals surface area contributed by atoms with E-state index in [4.69, 9.17) is 11.6 Å². The van der Waals surface area contributed by atoms with Crippen LogP contribution in [0.1, 0.15) is 26.4 Å². The number of fused-ring (bicyclic) bond motifs is 1. The predicted molar refractivity (Wildman–Crippen MR) is 99.1 cm³/mol. The highest BCUT2D eigenvalue weighted by atomic mass is 35.5. The van der Waals surface area contributed by atoms with E-state index in [0.717, 1.165) is 0 Å². The summed E-state index contributed by atoms with van der Waals surface area (Å²) in [6, 6.07) is 5.41. The van der Waals surface area contributed by atoms with E-state index in [0.29, 0.717) is 21.3 Å². The minimum Gasteiger partial charge on any atom is -0.329 e. The zero-order valence-corrected chi connectivity index (χ0v) is 16.7. The fourth-order valence-corrected chi connectivity index (χ4v) is 4.39. The average Bonchev–Trinajstić information content (AvgIpc) is 3.02. The van der Waals surface area contributed by atoms with Gasteiger partial charge in [-0.2, -0.15) is 26.3 Å². The van der Waals surface area contributed by atoms with Crippen molar-refractivity contribution in [3.8, 4) is 0 Å². The van der Waals surface area contributed by atoms with Crippen molar-refractivity contribution in [3.63, 3.8) is 0 Å². The number of hydrogen-bond acceptors (Lipinski definition) is 4. The quantitative estimate of drug-likeness (QED) is 0.512. The fourth-order valence-electron chi connectivity index (χ4n) is 3.00. The van der Waals surface area contributed by atoms with E-state index < -0.39 is 48.0 Å². The van der Waals surface area contributed by atoms with Crippen LogP contribution in [0.3, 0.4) is 0 Å². The Hall–Kier alpha value is -2.60. The SMILES string of the molecule is O=C(c1ccc(Cl)cc1)c1c(NC(=O)C(F)(F)F)sc2c1CCN(C(=O)C(F)(F)F)C2. The number of nitrogens with one attached hydrogen (secondary N) is 1. The number of alkyl halides is 6. The second-order valence-electron chi connectivity index (χ2n) is 6.47. The maximum Gasteiger partial charge on any atom is 0.471 e. The standard InChI is InChI=1S/C18H11ClF6N2O3S/c19-9-3-1-8(2-4-9)13(28)12-10-5-6-27(16(30)18(23,24)25)7-11(10)31-14(12)26-15(29)17(20,21)22/h1-4H,5-7H2,(H,26,29). The fraction of sp³-hybridized carbons (Fsp3) is 0.278. The van der Waals surface area contributed by atoms with E-state index >= 15 is 0 Å². The van der Waals surface area contributed by atoms with E-state index in [1.54, 1.807) is 5.32 Å². The molecule has 1 aliphatic rings. The number of anilines is 1. The smallest absolute Gasteiger partial charge is 0.329 e. The third kappa shape index (κ3) is 4.85. The molecular formula is C18H11ClF6N2O3S. The van der Waals surface area contributed by atoms with E-state index in [1.807, 2.05) is 0 Å².